The number of nitrogens with zero attached hydrogens (tertiary/aromatic N) is 3. The average molecular weight is 581 g/mol. The van der Waals surface area contributed by atoms with Crippen molar-refractivity contribution in [2.24, 2.45) is 9.98 Å². The number of carboxylic acids is 1. The van der Waals surface area contributed by atoms with Gasteiger partial charge in [-0.25, -0.2) is 4.79 Å². The first-order valence-corrected chi connectivity index (χ1v) is 13.7. The summed E-state index contributed by atoms with van der Waals surface area (Å²) in [5.74, 6) is 0.460. The lowest BCUT2D eigenvalue weighted by Gasteiger charge is -2.36. The first-order chi connectivity index (χ1) is 20.9. The number of carbonyl (C=O) groups is 2. The first kappa shape index (κ1) is 28.9. The molecule has 0 saturated carbocycles. The van der Waals surface area contributed by atoms with Crippen LogP contribution in [0.1, 0.15) is 17.5 Å². The highest BCUT2D eigenvalue weighted by Gasteiger charge is 2.31. The molecule has 4 aromatic rings. The van der Waals surface area contributed by atoms with Crippen molar-refractivity contribution in [2.75, 3.05) is 19.0 Å². The third-order valence-electron chi connectivity index (χ3n) is 6.58. The number of carbonyl (C=O) groups excluding carboxylic acids is 1. The molecule has 4 N–H and O–H groups in total. The number of para-hydroxylation sites is 2. The molecule has 0 aliphatic carbocycles. The lowest BCUT2D eigenvalue weighted by atomic mass is 10.1. The number of amides is 2. The Bertz CT molecular complexity index is 1690. The van der Waals surface area contributed by atoms with Gasteiger partial charge in [-0.3, -0.25) is 25.3 Å². The van der Waals surface area contributed by atoms with E-state index in [1.54, 1.807) is 29.2 Å². The van der Waals surface area contributed by atoms with Gasteiger partial charge < -0.3 is 19.9 Å². The Hall–Kier alpha value is -5.58. The Morgan fingerprint density at radius 1 is 0.977 bits per heavy atom. The average Bonchev–Trinajstić information content (AvgIpc) is 2.99. The van der Waals surface area contributed by atoms with Crippen molar-refractivity contribution in [2.45, 2.75) is 26.2 Å². The van der Waals surface area contributed by atoms with Crippen molar-refractivity contribution in [1.82, 2.24) is 15.5 Å². The van der Waals surface area contributed by atoms with E-state index in [1.807, 2.05) is 73.7 Å². The van der Waals surface area contributed by atoms with Crippen LogP contribution in [0.5, 0.6) is 11.5 Å². The van der Waals surface area contributed by atoms with Crippen LogP contribution in [0.4, 0.5) is 10.5 Å². The molecule has 0 fully saturated rings. The Balaban J connectivity index is 1.48. The summed E-state index contributed by atoms with van der Waals surface area (Å²) in [4.78, 5) is 35.3. The monoisotopic (exact) mass is 580 g/mol. The minimum Gasteiger partial charge on any atom is -0.495 e. The lowest BCUT2D eigenvalue weighted by Crippen LogP contribution is -2.59. The smallest absolute Gasteiger partial charge is 0.326 e. The van der Waals surface area contributed by atoms with Crippen molar-refractivity contribution >= 4 is 40.4 Å². The summed E-state index contributed by atoms with van der Waals surface area (Å²) in [6.07, 6.45) is -1.12. The van der Waals surface area contributed by atoms with Crippen molar-refractivity contribution in [1.29, 1.82) is 0 Å². The first-order valence-electron chi connectivity index (χ1n) is 13.7. The molecule has 1 heterocycles. The standard InChI is InChI=1S/C32H32N6O5/c1-21-8-7-9-22(18-21)20-38-30(33-17-16-28(39)40)35-29(36-31(41)34-26-12-5-6-13-27(26)42-2)37-32(38)43-25-15-14-23-10-3-4-11-24(23)19-25/h3-15,18-19,32H,16-17,20H2,1-2H3,(H,39,40)(H3,33,34,35,36,37,41). The van der Waals surface area contributed by atoms with E-state index in [2.05, 4.69) is 25.9 Å². The van der Waals surface area contributed by atoms with Gasteiger partial charge in [0.1, 0.15) is 11.5 Å². The maximum Gasteiger partial charge on any atom is 0.326 e. The van der Waals surface area contributed by atoms with Crippen LogP contribution in [0.25, 0.3) is 10.8 Å². The van der Waals surface area contributed by atoms with Gasteiger partial charge in [0.2, 0.25) is 11.9 Å². The second-order valence-corrected chi connectivity index (χ2v) is 9.80. The third-order valence-corrected chi connectivity index (χ3v) is 6.58. The molecule has 1 unspecified atom stereocenters. The van der Waals surface area contributed by atoms with Gasteiger partial charge in [0, 0.05) is 0 Å². The van der Waals surface area contributed by atoms with Gasteiger partial charge in [0.15, 0.2) is 0 Å². The highest BCUT2D eigenvalue weighted by atomic mass is 16.5. The number of ether oxygens (including phenoxy) is 2. The number of urea groups is 1. The van der Waals surface area contributed by atoms with Crippen LogP contribution in [-0.4, -0.2) is 53.9 Å². The molecular formula is C32H32N6O5. The number of rotatable bonds is 9. The molecule has 0 spiro atoms. The van der Waals surface area contributed by atoms with Gasteiger partial charge in [-0.15, -0.1) is 0 Å². The van der Waals surface area contributed by atoms with Crippen LogP contribution in [-0.2, 0) is 11.3 Å². The Morgan fingerprint density at radius 3 is 2.56 bits per heavy atom. The van der Waals surface area contributed by atoms with Crippen molar-refractivity contribution in [3.8, 4) is 11.5 Å². The minimum atomic E-state index is -0.974. The van der Waals surface area contributed by atoms with E-state index < -0.39 is 18.4 Å². The zero-order valence-electron chi connectivity index (χ0n) is 23.8. The molecule has 0 saturated heterocycles. The number of guanidine groups is 2. The molecule has 220 valence electrons. The summed E-state index contributed by atoms with van der Waals surface area (Å²) in [5, 5.41) is 19.8. The Kier molecular flexibility index (Phi) is 9.01. The molecule has 0 radical (unpaired) electrons. The largest absolute Gasteiger partial charge is 0.495 e. The van der Waals surface area contributed by atoms with E-state index in [9.17, 15) is 14.7 Å². The quantitative estimate of drug-likeness (QED) is 0.220. The summed E-state index contributed by atoms with van der Waals surface area (Å²) >= 11 is 0. The minimum absolute atomic E-state index is 0.00533. The maximum absolute atomic E-state index is 13.0. The van der Waals surface area contributed by atoms with E-state index in [1.165, 1.54) is 7.11 Å². The second kappa shape index (κ2) is 13.4. The SMILES string of the molecule is COc1ccccc1NC(=O)NC1=NC(Oc2ccc3ccccc3c2)N(Cc2cccc(C)c2)C(=NCCC(=O)O)N1. The fourth-order valence-corrected chi connectivity index (χ4v) is 4.57. The zero-order valence-corrected chi connectivity index (χ0v) is 23.8. The molecule has 0 aromatic heterocycles. The molecular weight excluding hydrogens is 548 g/mol. The number of methoxy groups -OCH3 is 1. The number of anilines is 1. The number of nitrogens with one attached hydrogen (secondary N) is 3. The number of aryl methyl sites for hydroxylation is 1. The third kappa shape index (κ3) is 7.59. The molecule has 1 aliphatic heterocycles. The maximum atomic E-state index is 13.0. The molecule has 11 nitrogen and oxygen atoms in total. The summed E-state index contributed by atoms with van der Waals surface area (Å²) in [6.45, 7) is 2.36. The van der Waals surface area contributed by atoms with Gasteiger partial charge in [-0.05, 0) is 47.5 Å². The number of aliphatic carboxylic acids is 1. The highest BCUT2D eigenvalue weighted by molar-refractivity contribution is 6.09. The molecule has 5 rings (SSSR count). The fraction of sp³-hybridized carbons (Fsp3) is 0.188. The second-order valence-electron chi connectivity index (χ2n) is 9.80. The summed E-state index contributed by atoms with van der Waals surface area (Å²) in [6, 6.07) is 28.1. The number of benzene rings is 4. The normalized spacial score (nSPS) is 15.4. The van der Waals surface area contributed by atoms with Crippen LogP contribution in [0.2, 0.25) is 0 Å². The number of fused-ring (bicyclic) bond motifs is 1. The molecule has 1 aliphatic rings. The number of carboxylic acid groups (broad SMARTS) is 1. The van der Waals surface area contributed by atoms with Crippen molar-refractivity contribution in [3.05, 3.63) is 102 Å². The van der Waals surface area contributed by atoms with Gasteiger partial charge in [-0.2, -0.15) is 4.99 Å². The topological polar surface area (TPSA) is 137 Å². The van der Waals surface area contributed by atoms with Crippen LogP contribution >= 0.6 is 0 Å². The fourth-order valence-electron chi connectivity index (χ4n) is 4.57. The molecule has 11 heteroatoms. The number of hydrogen-bond donors (Lipinski definition) is 4. The van der Waals surface area contributed by atoms with Crippen LogP contribution in [0.15, 0.2) is 101 Å². The number of hydrogen-bond acceptors (Lipinski definition) is 6. The van der Waals surface area contributed by atoms with E-state index in [-0.39, 0.29) is 18.9 Å². The summed E-state index contributed by atoms with van der Waals surface area (Å²) in [7, 11) is 1.52. The van der Waals surface area contributed by atoms with Gasteiger partial charge in [-0.1, -0.05) is 72.3 Å². The van der Waals surface area contributed by atoms with E-state index >= 15 is 0 Å². The van der Waals surface area contributed by atoms with E-state index in [4.69, 9.17) is 9.47 Å². The van der Waals surface area contributed by atoms with Crippen LogP contribution in [0, 0.1) is 6.92 Å². The van der Waals surface area contributed by atoms with Gasteiger partial charge >= 0.3 is 12.0 Å². The lowest BCUT2D eigenvalue weighted by molar-refractivity contribution is -0.136. The van der Waals surface area contributed by atoms with Gasteiger partial charge in [0.05, 0.1) is 32.3 Å². The van der Waals surface area contributed by atoms with Crippen LogP contribution < -0.4 is 25.4 Å². The predicted octanol–water partition coefficient (Wildman–Crippen LogP) is 4.93. The van der Waals surface area contributed by atoms with Crippen molar-refractivity contribution in [3.63, 3.8) is 0 Å². The molecule has 0 bridgehead atoms. The zero-order chi connectivity index (χ0) is 30.2. The molecule has 4 aromatic carbocycles. The van der Waals surface area contributed by atoms with Gasteiger partial charge in [0.25, 0.3) is 6.35 Å². The highest BCUT2D eigenvalue weighted by Crippen LogP contribution is 2.25. The van der Waals surface area contributed by atoms with Crippen molar-refractivity contribution < 1.29 is 24.2 Å². The van der Waals surface area contributed by atoms with Crippen LogP contribution in [0.3, 0.4) is 0 Å². The molecule has 1 atom stereocenters. The molecule has 43 heavy (non-hydrogen) atoms. The molecule has 2 amide bonds. The number of aliphatic imine (C=N–C) groups is 2. The summed E-state index contributed by atoms with van der Waals surface area (Å²) in [5.41, 5.74) is 2.53. The van der Waals surface area contributed by atoms with E-state index in [0.29, 0.717) is 29.7 Å². The Labute approximate surface area is 248 Å². The predicted molar refractivity (Wildman–Crippen MR) is 165 cm³/mol. The summed E-state index contributed by atoms with van der Waals surface area (Å²) < 4.78 is 11.7. The Morgan fingerprint density at radius 2 is 1.77 bits per heavy atom. The van der Waals surface area contributed by atoms with E-state index in [0.717, 1.165) is 21.9 Å².